The zero-order chi connectivity index (χ0) is 14.6. The van der Waals surface area contributed by atoms with E-state index in [1.165, 1.54) is 6.92 Å². The van der Waals surface area contributed by atoms with Crippen LogP contribution in [-0.4, -0.2) is 22.5 Å². The number of carbonyl (C=O) groups is 2. The molecule has 1 atom stereocenters. The molecule has 20 heavy (non-hydrogen) atoms. The molecule has 0 fully saturated rings. The number of carbonyl (C=O) groups excluding carboxylic acids is 1. The number of rotatable bonds is 5. The van der Waals surface area contributed by atoms with Crippen molar-refractivity contribution in [1.82, 2.24) is 0 Å². The highest BCUT2D eigenvalue weighted by molar-refractivity contribution is 6.14. The second-order valence-electron chi connectivity index (χ2n) is 4.45. The minimum Gasteiger partial charge on any atom is -0.478 e. The minimum absolute atomic E-state index is 0.299. The number of para-hydroxylation sites is 1. The molecule has 0 heterocycles. The van der Waals surface area contributed by atoms with E-state index in [1.54, 1.807) is 60.7 Å². The van der Waals surface area contributed by atoms with Gasteiger partial charge < -0.3 is 9.84 Å². The summed E-state index contributed by atoms with van der Waals surface area (Å²) in [5.74, 6) is -1.58. The van der Waals surface area contributed by atoms with Crippen molar-refractivity contribution in [2.75, 3.05) is 0 Å². The molecule has 0 aromatic heterocycles. The van der Waals surface area contributed by atoms with Gasteiger partial charge in [-0.1, -0.05) is 48.5 Å². The molecule has 2 rings (SSSR count). The van der Waals surface area contributed by atoms with Crippen LogP contribution in [0.1, 0.15) is 17.3 Å². The zero-order valence-electron chi connectivity index (χ0n) is 10.9. The fourth-order valence-corrected chi connectivity index (χ4v) is 1.78. The molecule has 0 saturated carbocycles. The van der Waals surface area contributed by atoms with Gasteiger partial charge in [-0.25, -0.2) is 4.79 Å². The smallest absolute Gasteiger partial charge is 0.356 e. The first-order valence-corrected chi connectivity index (χ1v) is 6.11. The zero-order valence-corrected chi connectivity index (χ0v) is 10.9. The second kappa shape index (κ2) is 5.57. The molecule has 0 aliphatic carbocycles. The van der Waals surface area contributed by atoms with Gasteiger partial charge in [-0.2, -0.15) is 0 Å². The third-order valence-electron chi connectivity index (χ3n) is 2.94. The lowest BCUT2D eigenvalue weighted by Crippen LogP contribution is -2.49. The summed E-state index contributed by atoms with van der Waals surface area (Å²) in [6, 6.07) is 16.7. The number of Topliss-reactive ketones (excluding diaryl/α,β-unsaturated/α-hetero) is 1. The van der Waals surface area contributed by atoms with Crippen LogP contribution in [-0.2, 0) is 4.79 Å². The molecule has 1 N–H and O–H groups in total. The van der Waals surface area contributed by atoms with Crippen LogP contribution >= 0.6 is 0 Å². The Labute approximate surface area is 116 Å². The van der Waals surface area contributed by atoms with E-state index < -0.39 is 17.4 Å². The van der Waals surface area contributed by atoms with E-state index in [0.29, 0.717) is 11.3 Å². The van der Waals surface area contributed by atoms with Crippen molar-refractivity contribution in [3.63, 3.8) is 0 Å². The van der Waals surface area contributed by atoms with Crippen molar-refractivity contribution in [2.45, 2.75) is 12.5 Å². The first-order chi connectivity index (χ1) is 9.54. The van der Waals surface area contributed by atoms with E-state index in [1.807, 2.05) is 0 Å². The van der Waals surface area contributed by atoms with Gasteiger partial charge in [-0.05, 0) is 19.1 Å². The van der Waals surface area contributed by atoms with Gasteiger partial charge in [0.15, 0.2) is 0 Å². The van der Waals surface area contributed by atoms with Crippen molar-refractivity contribution in [3.05, 3.63) is 66.2 Å². The number of carboxylic acid groups (broad SMARTS) is 1. The van der Waals surface area contributed by atoms with E-state index in [0.717, 1.165) is 0 Å². The molecule has 4 heteroatoms. The maximum Gasteiger partial charge on any atom is 0.356 e. The Hall–Kier alpha value is -2.62. The van der Waals surface area contributed by atoms with Gasteiger partial charge in [0, 0.05) is 5.56 Å². The Kier molecular flexibility index (Phi) is 3.84. The summed E-state index contributed by atoms with van der Waals surface area (Å²) in [7, 11) is 0. The highest BCUT2D eigenvalue weighted by atomic mass is 16.5. The van der Waals surface area contributed by atoms with Gasteiger partial charge in [0.2, 0.25) is 5.78 Å². The molecule has 102 valence electrons. The van der Waals surface area contributed by atoms with Crippen molar-refractivity contribution in [1.29, 1.82) is 0 Å². The van der Waals surface area contributed by atoms with Gasteiger partial charge >= 0.3 is 5.97 Å². The molecule has 0 aliphatic heterocycles. The van der Waals surface area contributed by atoms with E-state index in [2.05, 4.69) is 0 Å². The lowest BCUT2D eigenvalue weighted by Gasteiger charge is -2.24. The lowest BCUT2D eigenvalue weighted by atomic mass is 9.94. The molecule has 0 spiro atoms. The fourth-order valence-electron chi connectivity index (χ4n) is 1.78. The largest absolute Gasteiger partial charge is 0.478 e. The van der Waals surface area contributed by atoms with Crippen LogP contribution in [0, 0.1) is 0 Å². The number of aliphatic carboxylic acids is 1. The van der Waals surface area contributed by atoms with Crippen molar-refractivity contribution < 1.29 is 19.4 Å². The lowest BCUT2D eigenvalue weighted by molar-refractivity contribution is -0.149. The van der Waals surface area contributed by atoms with Crippen LogP contribution in [0.2, 0.25) is 0 Å². The highest BCUT2D eigenvalue weighted by Gasteiger charge is 2.44. The van der Waals surface area contributed by atoms with Crippen LogP contribution < -0.4 is 4.74 Å². The topological polar surface area (TPSA) is 63.6 Å². The van der Waals surface area contributed by atoms with Gasteiger partial charge in [0.05, 0.1) is 0 Å². The molecule has 0 bridgehead atoms. The van der Waals surface area contributed by atoms with Crippen molar-refractivity contribution in [2.24, 2.45) is 0 Å². The summed E-state index contributed by atoms with van der Waals surface area (Å²) in [5.41, 5.74) is -1.66. The SMILES string of the molecule is CC(Oc1ccccc1)(C(=O)O)C(=O)c1ccccc1. The van der Waals surface area contributed by atoms with Crippen LogP contribution in [0.15, 0.2) is 60.7 Å². The Morgan fingerprint density at radius 3 is 1.95 bits per heavy atom. The van der Waals surface area contributed by atoms with E-state index in [9.17, 15) is 14.7 Å². The molecule has 0 amide bonds. The van der Waals surface area contributed by atoms with E-state index >= 15 is 0 Å². The molecule has 2 aromatic carbocycles. The molecule has 0 radical (unpaired) electrons. The third-order valence-corrected chi connectivity index (χ3v) is 2.94. The Bertz CT molecular complexity index is 607. The third kappa shape index (κ3) is 2.69. The Balaban J connectivity index is 2.35. The molecular formula is C16H14O4. The summed E-state index contributed by atoms with van der Waals surface area (Å²) in [6.45, 7) is 1.26. The van der Waals surface area contributed by atoms with Gasteiger partial charge in [-0.15, -0.1) is 0 Å². The average molecular weight is 270 g/mol. The van der Waals surface area contributed by atoms with E-state index in [-0.39, 0.29) is 0 Å². The highest BCUT2D eigenvalue weighted by Crippen LogP contribution is 2.22. The first-order valence-electron chi connectivity index (χ1n) is 6.11. The summed E-state index contributed by atoms with van der Waals surface area (Å²) >= 11 is 0. The first kappa shape index (κ1) is 13.8. The number of carboxylic acids is 1. The predicted molar refractivity (Wildman–Crippen MR) is 73.9 cm³/mol. The molecule has 1 unspecified atom stereocenters. The number of hydrogen-bond donors (Lipinski definition) is 1. The van der Waals surface area contributed by atoms with Crippen molar-refractivity contribution >= 4 is 11.8 Å². The number of hydrogen-bond acceptors (Lipinski definition) is 3. The normalized spacial score (nSPS) is 13.2. The second-order valence-corrected chi connectivity index (χ2v) is 4.45. The fraction of sp³-hybridized carbons (Fsp3) is 0.125. The van der Waals surface area contributed by atoms with E-state index in [4.69, 9.17) is 4.74 Å². The summed E-state index contributed by atoms with van der Waals surface area (Å²) in [5, 5.41) is 9.38. The maximum absolute atomic E-state index is 12.4. The summed E-state index contributed by atoms with van der Waals surface area (Å²) in [4.78, 5) is 23.9. The standard InChI is InChI=1S/C16H14O4/c1-16(15(18)19,20-13-10-6-3-7-11-13)14(17)12-8-4-2-5-9-12/h2-11H,1H3,(H,18,19). The number of ether oxygens (including phenoxy) is 1. The van der Waals surface area contributed by atoms with Gasteiger partial charge in [0.1, 0.15) is 5.75 Å². The predicted octanol–water partition coefficient (Wildman–Crippen LogP) is 2.79. The molecular weight excluding hydrogens is 256 g/mol. The number of benzene rings is 2. The van der Waals surface area contributed by atoms with Gasteiger partial charge in [0.25, 0.3) is 5.60 Å². The Morgan fingerprint density at radius 2 is 1.45 bits per heavy atom. The quantitative estimate of drug-likeness (QED) is 0.670. The van der Waals surface area contributed by atoms with Crippen LogP contribution in [0.5, 0.6) is 5.75 Å². The van der Waals surface area contributed by atoms with Crippen molar-refractivity contribution in [3.8, 4) is 5.75 Å². The average Bonchev–Trinajstić information content (AvgIpc) is 2.48. The summed E-state index contributed by atoms with van der Waals surface area (Å²) in [6.07, 6.45) is 0. The molecule has 2 aromatic rings. The number of ketones is 1. The maximum atomic E-state index is 12.4. The molecule has 0 aliphatic rings. The Morgan fingerprint density at radius 1 is 0.950 bits per heavy atom. The summed E-state index contributed by atoms with van der Waals surface area (Å²) < 4.78 is 5.43. The minimum atomic E-state index is -1.96. The van der Waals surface area contributed by atoms with Gasteiger partial charge in [-0.3, -0.25) is 4.79 Å². The van der Waals surface area contributed by atoms with Crippen LogP contribution in [0.3, 0.4) is 0 Å². The van der Waals surface area contributed by atoms with Crippen LogP contribution in [0.25, 0.3) is 0 Å². The molecule has 0 saturated heterocycles. The van der Waals surface area contributed by atoms with Crippen LogP contribution in [0.4, 0.5) is 0 Å². The molecule has 4 nitrogen and oxygen atoms in total. The monoisotopic (exact) mass is 270 g/mol.